The van der Waals surface area contributed by atoms with Gasteiger partial charge < -0.3 is 4.90 Å². The highest BCUT2D eigenvalue weighted by molar-refractivity contribution is 5.59. The molecule has 0 aliphatic carbocycles. The van der Waals surface area contributed by atoms with Crippen LogP contribution in [0.3, 0.4) is 0 Å². The van der Waals surface area contributed by atoms with Gasteiger partial charge in [-0.25, -0.2) is 0 Å². The van der Waals surface area contributed by atoms with E-state index >= 15 is 0 Å². The molecule has 10 heavy (non-hydrogen) atoms. The fourth-order valence-corrected chi connectivity index (χ4v) is 0.481. The second-order valence-corrected chi connectivity index (χ2v) is 2.21. The third-order valence-corrected chi connectivity index (χ3v) is 1.16. The lowest BCUT2D eigenvalue weighted by Crippen LogP contribution is -2.12. The van der Waals surface area contributed by atoms with Gasteiger partial charge in [0, 0.05) is 19.8 Å². The molecule has 0 heterocycles. The quantitative estimate of drug-likeness (QED) is 0.529. The van der Waals surface area contributed by atoms with Crippen molar-refractivity contribution in [3.05, 3.63) is 12.8 Å². The van der Waals surface area contributed by atoms with Crippen LogP contribution >= 0.6 is 0 Å². The highest BCUT2D eigenvalue weighted by Gasteiger charge is 1.81. The largest absolute Gasteiger partial charge is 0.376 e. The van der Waals surface area contributed by atoms with Gasteiger partial charge in [-0.05, 0) is 12.6 Å². The van der Waals surface area contributed by atoms with Crippen LogP contribution in [0.5, 0.6) is 0 Å². The first-order chi connectivity index (χ1) is 4.81. The topological polar surface area (TPSA) is 15.6 Å². The van der Waals surface area contributed by atoms with E-state index in [1.807, 2.05) is 18.2 Å². The van der Waals surface area contributed by atoms with Crippen LogP contribution in [0.2, 0.25) is 0 Å². The number of hydrogen-bond donors (Lipinski definition) is 0. The first-order valence-electron chi connectivity index (χ1n) is 3.62. The zero-order chi connectivity index (χ0) is 7.82. The molecule has 0 fully saturated rings. The zero-order valence-corrected chi connectivity index (χ0v) is 6.88. The summed E-state index contributed by atoms with van der Waals surface area (Å²) in [7, 11) is 1.98. The number of hydrogen-bond acceptors (Lipinski definition) is 2. The zero-order valence-electron chi connectivity index (χ0n) is 6.88. The van der Waals surface area contributed by atoms with Crippen molar-refractivity contribution in [1.29, 1.82) is 0 Å². The molecule has 0 rings (SSSR count). The van der Waals surface area contributed by atoms with Crippen molar-refractivity contribution in [2.24, 2.45) is 4.99 Å². The smallest absolute Gasteiger partial charge is 0.0519 e. The third-order valence-electron chi connectivity index (χ3n) is 1.16. The van der Waals surface area contributed by atoms with Crippen LogP contribution in [0.4, 0.5) is 0 Å². The summed E-state index contributed by atoms with van der Waals surface area (Å²) in [5.74, 6) is 0. The third kappa shape index (κ3) is 5.35. The molecular weight excluding hydrogens is 124 g/mol. The van der Waals surface area contributed by atoms with E-state index in [0.29, 0.717) is 0 Å². The molecule has 0 bridgehead atoms. The number of aliphatic imine (C=N–C) groups is 1. The molecule has 0 radical (unpaired) electrons. The average Bonchev–Trinajstić information content (AvgIpc) is 1.98. The van der Waals surface area contributed by atoms with Gasteiger partial charge in [-0.3, -0.25) is 4.99 Å². The van der Waals surface area contributed by atoms with E-state index in [1.54, 1.807) is 6.20 Å². The highest BCUT2D eigenvalue weighted by Crippen LogP contribution is 1.79. The maximum atomic E-state index is 4.16. The van der Waals surface area contributed by atoms with Crippen molar-refractivity contribution in [2.75, 3.05) is 20.1 Å². The second-order valence-electron chi connectivity index (χ2n) is 2.21. The summed E-state index contributed by atoms with van der Waals surface area (Å²) < 4.78 is 0. The summed E-state index contributed by atoms with van der Waals surface area (Å²) in [6, 6.07) is 0. The van der Waals surface area contributed by atoms with E-state index in [9.17, 15) is 0 Å². The molecule has 0 saturated heterocycles. The lowest BCUT2D eigenvalue weighted by Gasteiger charge is -2.07. The van der Waals surface area contributed by atoms with Gasteiger partial charge in [0.25, 0.3) is 0 Å². The highest BCUT2D eigenvalue weighted by atomic mass is 15.1. The van der Waals surface area contributed by atoms with Gasteiger partial charge in [0.15, 0.2) is 0 Å². The van der Waals surface area contributed by atoms with Crippen LogP contribution in [0.1, 0.15) is 13.3 Å². The molecule has 0 aromatic rings. The Hall–Kier alpha value is -0.790. The van der Waals surface area contributed by atoms with Crippen LogP contribution < -0.4 is 0 Å². The predicted molar refractivity (Wildman–Crippen MR) is 46.5 cm³/mol. The van der Waals surface area contributed by atoms with Crippen molar-refractivity contribution in [2.45, 2.75) is 13.3 Å². The summed E-state index contributed by atoms with van der Waals surface area (Å²) in [6.07, 6.45) is 4.83. The Kier molecular flexibility index (Phi) is 5.83. The molecule has 0 unspecified atom stereocenters. The molecule has 58 valence electrons. The lowest BCUT2D eigenvalue weighted by atomic mass is 10.5. The molecule has 2 nitrogen and oxygen atoms in total. The molecule has 2 heteroatoms. The first kappa shape index (κ1) is 9.21. The average molecular weight is 140 g/mol. The Morgan fingerprint density at radius 2 is 2.30 bits per heavy atom. The van der Waals surface area contributed by atoms with Crippen molar-refractivity contribution in [3.8, 4) is 0 Å². The Morgan fingerprint density at radius 3 is 2.80 bits per heavy atom. The molecule has 0 aliphatic rings. The fraction of sp³-hybridized carbons (Fsp3) is 0.625. The fourth-order valence-electron chi connectivity index (χ4n) is 0.481. The minimum absolute atomic E-state index is 0.865. The van der Waals surface area contributed by atoms with Crippen LogP contribution in [0.25, 0.3) is 0 Å². The van der Waals surface area contributed by atoms with Crippen molar-refractivity contribution >= 4 is 6.21 Å². The molecule has 0 spiro atoms. The van der Waals surface area contributed by atoms with Gasteiger partial charge in [-0.15, -0.1) is 0 Å². The molecule has 0 aromatic heterocycles. The molecule has 0 amide bonds. The Morgan fingerprint density at radius 1 is 1.60 bits per heavy atom. The van der Waals surface area contributed by atoms with Crippen LogP contribution in [-0.4, -0.2) is 31.3 Å². The van der Waals surface area contributed by atoms with Crippen LogP contribution in [0.15, 0.2) is 17.8 Å². The summed E-state index contributed by atoms with van der Waals surface area (Å²) >= 11 is 0. The summed E-state index contributed by atoms with van der Waals surface area (Å²) in [4.78, 5) is 6.15. The van der Waals surface area contributed by atoms with Crippen molar-refractivity contribution < 1.29 is 0 Å². The predicted octanol–water partition coefficient (Wildman–Crippen LogP) is 1.54. The molecule has 0 N–H and O–H groups in total. The SMILES string of the molecule is C=CN(C)CC=NCCC. The van der Waals surface area contributed by atoms with Gasteiger partial charge in [-0.2, -0.15) is 0 Å². The maximum absolute atomic E-state index is 4.16. The monoisotopic (exact) mass is 140 g/mol. The molecular formula is C8H16N2. The Balaban J connectivity index is 3.24. The molecule has 0 atom stereocenters. The van der Waals surface area contributed by atoms with E-state index in [2.05, 4.69) is 18.5 Å². The van der Waals surface area contributed by atoms with E-state index in [-0.39, 0.29) is 0 Å². The van der Waals surface area contributed by atoms with Gasteiger partial charge in [0.05, 0.1) is 6.54 Å². The Labute approximate surface area is 63.3 Å². The first-order valence-corrected chi connectivity index (χ1v) is 3.62. The summed E-state index contributed by atoms with van der Waals surface area (Å²) in [5.41, 5.74) is 0. The van der Waals surface area contributed by atoms with Gasteiger partial charge in [-0.1, -0.05) is 13.5 Å². The van der Waals surface area contributed by atoms with E-state index in [4.69, 9.17) is 0 Å². The normalized spacial score (nSPS) is 10.2. The van der Waals surface area contributed by atoms with E-state index < -0.39 is 0 Å². The minimum Gasteiger partial charge on any atom is -0.376 e. The standard InChI is InChI=1S/C8H16N2/c1-4-6-9-7-8-10(3)5-2/h5,7H,2,4,6,8H2,1,3H3. The number of rotatable bonds is 5. The van der Waals surface area contributed by atoms with Gasteiger partial charge in [0.2, 0.25) is 0 Å². The lowest BCUT2D eigenvalue weighted by molar-refractivity contribution is 0.530. The van der Waals surface area contributed by atoms with Gasteiger partial charge >= 0.3 is 0 Å². The van der Waals surface area contributed by atoms with Crippen LogP contribution in [0, 0.1) is 0 Å². The maximum Gasteiger partial charge on any atom is 0.0519 e. The van der Waals surface area contributed by atoms with E-state index in [1.165, 1.54) is 0 Å². The number of nitrogens with zero attached hydrogens (tertiary/aromatic N) is 2. The second kappa shape index (κ2) is 6.33. The van der Waals surface area contributed by atoms with Crippen molar-refractivity contribution in [1.82, 2.24) is 4.90 Å². The molecule has 0 aromatic carbocycles. The molecule has 0 aliphatic heterocycles. The van der Waals surface area contributed by atoms with Gasteiger partial charge in [0.1, 0.15) is 0 Å². The van der Waals surface area contributed by atoms with Crippen molar-refractivity contribution in [3.63, 3.8) is 0 Å². The Bertz CT molecular complexity index is 108. The van der Waals surface area contributed by atoms with Crippen LogP contribution in [-0.2, 0) is 0 Å². The summed E-state index contributed by atoms with van der Waals surface area (Å²) in [6.45, 7) is 7.54. The minimum atomic E-state index is 0.865. The van der Waals surface area contributed by atoms with E-state index in [0.717, 1.165) is 19.5 Å². The summed E-state index contributed by atoms with van der Waals surface area (Å²) in [5, 5.41) is 0. The molecule has 0 saturated carbocycles.